The summed E-state index contributed by atoms with van der Waals surface area (Å²) in [5.74, 6) is 0.314. The second kappa shape index (κ2) is 18.1. The van der Waals surface area contributed by atoms with E-state index in [1.807, 2.05) is 13.8 Å². The number of anilines is 1. The van der Waals surface area contributed by atoms with Gasteiger partial charge in [0.2, 0.25) is 0 Å². The van der Waals surface area contributed by atoms with Gasteiger partial charge < -0.3 is 15.8 Å². The van der Waals surface area contributed by atoms with Crippen molar-refractivity contribution in [3.63, 3.8) is 0 Å². The van der Waals surface area contributed by atoms with Crippen molar-refractivity contribution in [3.8, 4) is 0 Å². The molecule has 0 aliphatic carbocycles. The lowest BCUT2D eigenvalue weighted by molar-refractivity contribution is -0.114. The van der Waals surface area contributed by atoms with Crippen molar-refractivity contribution in [3.05, 3.63) is 70.2 Å². The summed E-state index contributed by atoms with van der Waals surface area (Å²) in [4.78, 5) is 12.9. The Morgan fingerprint density at radius 3 is 2.32 bits per heavy atom. The number of carbonyl (C=O) groups is 1. The molecule has 0 aromatic heterocycles. The maximum atomic E-state index is 12.6. The van der Waals surface area contributed by atoms with E-state index in [1.54, 1.807) is 38.1 Å². The molecule has 1 unspecified atom stereocenters. The fraction of sp³-hybridized carbons (Fsp3) is 0.385. The van der Waals surface area contributed by atoms with Crippen molar-refractivity contribution >= 4 is 62.2 Å². The number of carbonyl (C=O) groups excluding carboxylic acids is 1. The Labute approximate surface area is 235 Å². The van der Waals surface area contributed by atoms with Gasteiger partial charge in [-0.15, -0.1) is 18.2 Å². The molecule has 0 saturated carbocycles. The van der Waals surface area contributed by atoms with Gasteiger partial charge in [0.15, 0.2) is 21.5 Å². The van der Waals surface area contributed by atoms with Crippen LogP contribution in [-0.4, -0.2) is 37.8 Å². The standard InChI is InChI=1S/C21H26ClN3O4S2.C3H5Cl.C2H6/c1-4-15(22)11-19(26)21(13(2)23)30-14(3)25-16-5-8-18(9-6-16)31(27,28)12-17-7-10-20(24)29-17;1-2-3-4;1-2/h4-6,8-9,17,24-25H,3,7,10-12,23H2,1-2H3;2H,1,3H2;1-2H3/b15-4+,21-13+,24-20?;;. The van der Waals surface area contributed by atoms with Gasteiger partial charge in [0.1, 0.15) is 6.10 Å². The monoisotopic (exact) mass is 589 g/mol. The zero-order valence-corrected chi connectivity index (χ0v) is 24.9. The Bertz CT molecular complexity index is 1100. The van der Waals surface area contributed by atoms with Crippen LogP contribution < -0.4 is 11.1 Å². The van der Waals surface area contributed by atoms with Gasteiger partial charge in [-0.3, -0.25) is 10.2 Å². The second-order valence-corrected chi connectivity index (χ2v) is 11.4. The molecule has 37 heavy (non-hydrogen) atoms. The topological polar surface area (TPSA) is 122 Å². The molecule has 0 amide bonds. The molecule has 11 heteroatoms. The molecule has 1 aromatic rings. The molecule has 2 rings (SSSR count). The van der Waals surface area contributed by atoms with E-state index in [4.69, 9.17) is 39.1 Å². The van der Waals surface area contributed by atoms with Gasteiger partial charge in [-0.2, -0.15) is 0 Å². The molecule has 4 N–H and O–H groups in total. The first-order valence-electron chi connectivity index (χ1n) is 11.6. The van der Waals surface area contributed by atoms with E-state index in [2.05, 4.69) is 18.5 Å². The Morgan fingerprint density at radius 1 is 1.32 bits per heavy atom. The normalized spacial score (nSPS) is 15.7. The number of rotatable bonds is 11. The van der Waals surface area contributed by atoms with Crippen LogP contribution in [-0.2, 0) is 19.4 Å². The van der Waals surface area contributed by atoms with Gasteiger partial charge in [0.05, 0.1) is 20.6 Å². The number of halogens is 2. The average Bonchev–Trinajstić information content (AvgIpc) is 3.27. The third-order valence-corrected chi connectivity index (χ3v) is 7.97. The highest BCUT2D eigenvalue weighted by Crippen LogP contribution is 2.30. The highest BCUT2D eigenvalue weighted by Gasteiger charge is 2.27. The molecule has 1 aromatic carbocycles. The summed E-state index contributed by atoms with van der Waals surface area (Å²) >= 11 is 12.1. The predicted octanol–water partition coefficient (Wildman–Crippen LogP) is 6.96. The Balaban J connectivity index is 0.00000196. The van der Waals surface area contributed by atoms with E-state index in [0.29, 0.717) is 45.1 Å². The summed E-state index contributed by atoms with van der Waals surface area (Å²) < 4.78 is 30.4. The zero-order valence-electron chi connectivity index (χ0n) is 21.8. The van der Waals surface area contributed by atoms with Crippen molar-refractivity contribution in [2.45, 2.75) is 58.0 Å². The van der Waals surface area contributed by atoms with Crippen molar-refractivity contribution in [2.24, 2.45) is 5.73 Å². The third kappa shape index (κ3) is 13.2. The van der Waals surface area contributed by atoms with Gasteiger partial charge in [0.25, 0.3) is 0 Å². The minimum absolute atomic E-state index is 0.0545. The molecule has 1 heterocycles. The molecule has 1 aliphatic heterocycles. The van der Waals surface area contributed by atoms with E-state index in [-0.39, 0.29) is 28.8 Å². The third-order valence-electron chi connectivity index (χ3n) is 4.49. The van der Waals surface area contributed by atoms with Gasteiger partial charge in [-0.1, -0.05) is 55.9 Å². The summed E-state index contributed by atoms with van der Waals surface area (Å²) in [5, 5.41) is 11.4. The quantitative estimate of drug-likeness (QED) is 0.145. The number of alkyl halides is 1. The van der Waals surface area contributed by atoms with Crippen molar-refractivity contribution in [2.75, 3.05) is 16.9 Å². The molecule has 1 aliphatic rings. The van der Waals surface area contributed by atoms with Crippen molar-refractivity contribution < 1.29 is 17.9 Å². The number of sulfone groups is 1. The molecular weight excluding hydrogens is 553 g/mol. The van der Waals surface area contributed by atoms with Crippen LogP contribution in [0.2, 0.25) is 0 Å². The highest BCUT2D eigenvalue weighted by atomic mass is 35.5. The number of allylic oxidation sites excluding steroid dienone is 5. The van der Waals surface area contributed by atoms with Gasteiger partial charge >= 0.3 is 0 Å². The molecule has 1 fully saturated rings. The number of thioether (sulfide) groups is 1. The van der Waals surface area contributed by atoms with E-state index >= 15 is 0 Å². The lowest BCUT2D eigenvalue weighted by Gasteiger charge is -2.14. The van der Waals surface area contributed by atoms with Crippen LogP contribution in [0.1, 0.15) is 47.0 Å². The lowest BCUT2D eigenvalue weighted by atomic mass is 10.2. The van der Waals surface area contributed by atoms with Crippen LogP contribution >= 0.6 is 35.0 Å². The van der Waals surface area contributed by atoms with Crippen LogP contribution in [0, 0.1) is 5.41 Å². The first-order valence-corrected chi connectivity index (χ1v) is 15.0. The molecule has 0 radical (unpaired) electrons. The number of Topliss-reactive ketones (excluding diaryl/α,β-unsaturated/α-hetero) is 1. The molecular formula is C26H37Cl2N3O4S2. The maximum absolute atomic E-state index is 12.6. The van der Waals surface area contributed by atoms with E-state index < -0.39 is 15.9 Å². The Morgan fingerprint density at radius 2 is 1.89 bits per heavy atom. The number of nitrogens with two attached hydrogens (primary N) is 1. The molecule has 206 valence electrons. The Hall–Kier alpha value is -2.20. The summed E-state index contributed by atoms with van der Waals surface area (Å²) in [5.41, 5.74) is 6.83. The van der Waals surface area contributed by atoms with Gasteiger partial charge in [0, 0.05) is 35.1 Å². The maximum Gasteiger partial charge on any atom is 0.182 e. The molecule has 1 saturated heterocycles. The highest BCUT2D eigenvalue weighted by molar-refractivity contribution is 8.07. The minimum Gasteiger partial charge on any atom is -0.477 e. The fourth-order valence-electron chi connectivity index (χ4n) is 2.82. The van der Waals surface area contributed by atoms with Crippen molar-refractivity contribution in [1.82, 2.24) is 0 Å². The van der Waals surface area contributed by atoms with Crippen molar-refractivity contribution in [1.29, 1.82) is 5.41 Å². The minimum atomic E-state index is -3.53. The summed E-state index contributed by atoms with van der Waals surface area (Å²) in [7, 11) is -3.53. The van der Waals surface area contributed by atoms with Gasteiger partial charge in [-0.05, 0) is 44.5 Å². The number of hydrogen-bond acceptors (Lipinski definition) is 8. The first-order chi connectivity index (χ1) is 17.4. The first kappa shape index (κ1) is 34.8. The van der Waals surface area contributed by atoms with E-state index in [9.17, 15) is 13.2 Å². The zero-order chi connectivity index (χ0) is 28.6. The average molecular weight is 591 g/mol. The van der Waals surface area contributed by atoms with Crippen LogP contribution in [0.25, 0.3) is 0 Å². The van der Waals surface area contributed by atoms with E-state index in [1.165, 1.54) is 12.1 Å². The lowest BCUT2D eigenvalue weighted by Crippen LogP contribution is -2.20. The van der Waals surface area contributed by atoms with Crippen LogP contribution in [0.15, 0.2) is 75.1 Å². The van der Waals surface area contributed by atoms with E-state index in [0.717, 1.165) is 11.8 Å². The number of ketones is 1. The predicted molar refractivity (Wildman–Crippen MR) is 159 cm³/mol. The molecule has 1 atom stereocenters. The fourth-order valence-corrected chi connectivity index (χ4v) is 5.17. The molecule has 0 bridgehead atoms. The number of benzene rings is 1. The van der Waals surface area contributed by atoms with Crippen LogP contribution in [0.5, 0.6) is 0 Å². The molecule has 7 nitrogen and oxygen atoms in total. The largest absolute Gasteiger partial charge is 0.477 e. The summed E-state index contributed by atoms with van der Waals surface area (Å²) in [6.07, 6.45) is 3.86. The number of nitrogens with one attached hydrogen (secondary N) is 2. The number of hydrogen-bond donors (Lipinski definition) is 3. The number of ether oxygens (including phenoxy) is 1. The SMILES string of the molecule is C=C(Nc1ccc(S(=O)(=O)CC2CCC(=N)O2)cc1)S/C(C(=O)C/C(Cl)=C\C)=C(\C)N.C=CCCl.CC. The van der Waals surface area contributed by atoms with Crippen LogP contribution in [0.4, 0.5) is 5.69 Å². The van der Waals surface area contributed by atoms with Crippen LogP contribution in [0.3, 0.4) is 0 Å². The summed E-state index contributed by atoms with van der Waals surface area (Å²) in [6.45, 7) is 14.6. The van der Waals surface area contributed by atoms with Gasteiger partial charge in [-0.25, -0.2) is 8.42 Å². The second-order valence-electron chi connectivity index (χ2n) is 7.45. The summed E-state index contributed by atoms with van der Waals surface area (Å²) in [6, 6.07) is 6.23. The Kier molecular flexibility index (Phi) is 17.0. The molecule has 0 spiro atoms. The smallest absolute Gasteiger partial charge is 0.182 e.